The van der Waals surface area contributed by atoms with Crippen molar-refractivity contribution in [1.29, 1.82) is 0 Å². The predicted molar refractivity (Wildman–Crippen MR) is 151 cm³/mol. The molecule has 0 aromatic heterocycles. The third-order valence-electron chi connectivity index (χ3n) is 6.02. The van der Waals surface area contributed by atoms with Crippen LogP contribution >= 0.6 is 0 Å². The van der Waals surface area contributed by atoms with E-state index in [-0.39, 0.29) is 12.2 Å². The van der Waals surface area contributed by atoms with Crippen molar-refractivity contribution in [1.82, 2.24) is 0 Å². The van der Waals surface area contributed by atoms with Gasteiger partial charge in [0.2, 0.25) is 0 Å². The number of carbonyl (C=O) groups is 2. The number of benzene rings is 3. The molecule has 2 unspecified atom stereocenters. The highest BCUT2D eigenvalue weighted by atomic mass is 16.6. The lowest BCUT2D eigenvalue weighted by Gasteiger charge is -2.11. The topological polar surface area (TPSA) is 122 Å². The highest BCUT2D eigenvalue weighted by Crippen LogP contribution is 2.25. The van der Waals surface area contributed by atoms with Crippen LogP contribution in [-0.4, -0.2) is 69.7 Å². The highest BCUT2D eigenvalue weighted by molar-refractivity contribution is 5.92. The minimum atomic E-state index is -0.504. The molecule has 10 nitrogen and oxygen atoms in total. The summed E-state index contributed by atoms with van der Waals surface area (Å²) in [5.41, 5.74) is 2.41. The summed E-state index contributed by atoms with van der Waals surface area (Å²) >= 11 is 0. The Kier molecular flexibility index (Phi) is 11.4. The first-order chi connectivity index (χ1) is 20.4. The molecule has 10 heteroatoms. The quantitative estimate of drug-likeness (QED) is 0.0909. The number of esters is 2. The Morgan fingerprint density at radius 2 is 1.36 bits per heavy atom. The van der Waals surface area contributed by atoms with Crippen LogP contribution in [0.4, 0.5) is 0 Å². The number of ether oxygens (including phenoxy) is 7. The Morgan fingerprint density at radius 3 is 1.95 bits per heavy atom. The Hall–Kier alpha value is -4.31. The van der Waals surface area contributed by atoms with Gasteiger partial charge in [0.15, 0.2) is 0 Å². The van der Waals surface area contributed by atoms with E-state index in [9.17, 15) is 9.59 Å². The molecule has 0 aliphatic carbocycles. The van der Waals surface area contributed by atoms with E-state index in [2.05, 4.69) is 6.58 Å². The average Bonchev–Trinajstić information content (AvgIpc) is 3.92. The Morgan fingerprint density at radius 1 is 0.810 bits per heavy atom. The number of hydrogen-bond acceptors (Lipinski definition) is 10. The summed E-state index contributed by atoms with van der Waals surface area (Å²) in [5, 5.41) is 0. The van der Waals surface area contributed by atoms with Crippen molar-refractivity contribution >= 4 is 17.9 Å². The van der Waals surface area contributed by atoms with E-state index in [1.807, 2.05) is 12.1 Å². The summed E-state index contributed by atoms with van der Waals surface area (Å²) in [6, 6.07) is 18.6. The molecule has 0 amide bonds. The molecular formula is C32H32O10. The second kappa shape index (κ2) is 15.6. The van der Waals surface area contributed by atoms with Gasteiger partial charge in [-0.2, -0.15) is 0 Å². The molecule has 2 aliphatic rings. The first kappa shape index (κ1) is 30.6. The Labute approximate surface area is 243 Å². The van der Waals surface area contributed by atoms with Gasteiger partial charge in [-0.05, 0) is 79.2 Å². The van der Waals surface area contributed by atoms with Crippen LogP contribution in [0.2, 0.25) is 0 Å². The van der Waals surface area contributed by atoms with Gasteiger partial charge in [0.05, 0.1) is 50.8 Å². The van der Waals surface area contributed by atoms with E-state index < -0.39 is 11.9 Å². The smallest absolute Gasteiger partial charge is 0.343 e. The fourth-order valence-electron chi connectivity index (χ4n) is 3.62. The molecule has 0 bridgehead atoms. The van der Waals surface area contributed by atoms with Crippen LogP contribution in [0.25, 0.3) is 0 Å². The maximum atomic E-state index is 12.6. The lowest BCUT2D eigenvalue weighted by atomic mass is 10.1. The number of hydrogen-bond donors (Lipinski definition) is 0. The molecule has 220 valence electrons. The van der Waals surface area contributed by atoms with Crippen molar-refractivity contribution in [2.75, 3.05) is 39.6 Å². The van der Waals surface area contributed by atoms with Gasteiger partial charge in [-0.3, -0.25) is 0 Å². The maximum Gasteiger partial charge on any atom is 0.343 e. The fraction of sp³-hybridized carbons (Fsp3) is 0.312. The van der Waals surface area contributed by atoms with Gasteiger partial charge < -0.3 is 33.2 Å². The summed E-state index contributed by atoms with van der Waals surface area (Å²) in [4.78, 5) is 33.8. The third-order valence-corrected chi connectivity index (χ3v) is 6.02. The van der Waals surface area contributed by atoms with E-state index in [4.69, 9.17) is 38.0 Å². The first-order valence-electron chi connectivity index (χ1n) is 13.3. The second-order valence-corrected chi connectivity index (χ2v) is 9.42. The van der Waals surface area contributed by atoms with Crippen LogP contribution in [0.15, 0.2) is 73.3 Å². The zero-order valence-corrected chi connectivity index (χ0v) is 23.2. The minimum absolute atomic E-state index is 0.216. The molecular weight excluding hydrogens is 544 g/mol. The zero-order valence-electron chi connectivity index (χ0n) is 23.2. The molecule has 5 rings (SSSR count). The largest absolute Gasteiger partial charge is 0.491 e. The van der Waals surface area contributed by atoms with E-state index in [1.165, 1.54) is 5.94 Å². The molecule has 42 heavy (non-hydrogen) atoms. The molecule has 0 N–H and O–H groups in total. The lowest BCUT2D eigenvalue weighted by molar-refractivity contribution is 0.0718. The van der Waals surface area contributed by atoms with Crippen molar-refractivity contribution in [2.24, 2.45) is 0 Å². The average molecular weight is 577 g/mol. The Bertz CT molecular complexity index is 1350. The molecule has 2 aliphatic heterocycles. The number of epoxide rings is 2. The number of aryl methyl sites for hydroxylation is 1. The van der Waals surface area contributed by atoms with Crippen molar-refractivity contribution in [3.05, 3.63) is 95.6 Å². The molecule has 0 spiro atoms. The second-order valence-electron chi connectivity index (χ2n) is 9.42. The van der Waals surface area contributed by atoms with Gasteiger partial charge in [-0.15, -0.1) is 0 Å². The fourth-order valence-corrected chi connectivity index (χ4v) is 3.62. The molecule has 3 aromatic carbocycles. The van der Waals surface area contributed by atoms with E-state index in [0.717, 1.165) is 18.8 Å². The maximum absolute atomic E-state index is 12.6. The van der Waals surface area contributed by atoms with Crippen LogP contribution in [-0.2, 0) is 30.3 Å². The van der Waals surface area contributed by atoms with Crippen molar-refractivity contribution in [2.45, 2.75) is 25.7 Å². The minimum Gasteiger partial charge on any atom is -0.491 e. The van der Waals surface area contributed by atoms with Crippen molar-refractivity contribution in [3.63, 3.8) is 0 Å². The SMILES string of the molecule is C=C=O.Cc1cc(OC(=O)c2ccc(COCC3CO3)cc2)ccc1OC(=O)c1ccc(OCCOCC2CO2)cc1. The molecule has 2 heterocycles. The van der Waals surface area contributed by atoms with Gasteiger partial charge in [0.1, 0.15) is 42.0 Å². The molecule has 2 fully saturated rings. The van der Waals surface area contributed by atoms with Crippen molar-refractivity contribution < 1.29 is 47.5 Å². The monoisotopic (exact) mass is 576 g/mol. The summed E-state index contributed by atoms with van der Waals surface area (Å²) in [6.45, 7) is 8.46. The van der Waals surface area contributed by atoms with Crippen LogP contribution in [0.5, 0.6) is 17.2 Å². The van der Waals surface area contributed by atoms with Gasteiger partial charge in [-0.25, -0.2) is 14.4 Å². The lowest BCUT2D eigenvalue weighted by Crippen LogP contribution is -2.11. The van der Waals surface area contributed by atoms with Gasteiger partial charge in [-0.1, -0.05) is 12.1 Å². The molecule has 0 radical (unpaired) electrons. The van der Waals surface area contributed by atoms with Crippen LogP contribution in [0.3, 0.4) is 0 Å². The van der Waals surface area contributed by atoms with Gasteiger partial charge in [0, 0.05) is 0 Å². The van der Waals surface area contributed by atoms with Crippen LogP contribution < -0.4 is 14.2 Å². The van der Waals surface area contributed by atoms with E-state index in [0.29, 0.717) is 67.0 Å². The van der Waals surface area contributed by atoms with Crippen LogP contribution in [0, 0.1) is 6.92 Å². The first-order valence-corrected chi connectivity index (χ1v) is 13.3. The Balaban J connectivity index is 0.00000129. The standard InChI is InChI=1S/C30H30O9.C2H2O/c1-20-14-25(38-29(31)22-4-2-21(3-5-22)15-34-17-27-19-37-27)10-11-28(20)39-30(32)23-6-8-24(9-7-23)35-13-12-33-16-26-18-36-26;1-2-3/h2-11,14,26-27H,12-13,15-19H2,1H3;1H2. The molecule has 2 atom stereocenters. The number of rotatable bonds is 14. The summed E-state index contributed by atoms with van der Waals surface area (Å²) in [5.74, 6) is 1.62. The predicted octanol–water partition coefficient (Wildman–Crippen LogP) is 4.15. The normalized spacial score (nSPS) is 16.3. The highest BCUT2D eigenvalue weighted by Gasteiger charge is 2.23. The zero-order chi connectivity index (χ0) is 29.7. The molecule has 3 aromatic rings. The molecule has 2 saturated heterocycles. The number of carbonyl (C=O) groups excluding carboxylic acids is 3. The van der Waals surface area contributed by atoms with E-state index in [1.54, 1.807) is 61.5 Å². The van der Waals surface area contributed by atoms with Gasteiger partial charge in [0.25, 0.3) is 0 Å². The summed E-state index contributed by atoms with van der Waals surface area (Å²) in [7, 11) is 0. The van der Waals surface area contributed by atoms with Crippen LogP contribution in [0.1, 0.15) is 31.8 Å². The van der Waals surface area contributed by atoms with Crippen molar-refractivity contribution in [3.8, 4) is 17.2 Å². The van der Waals surface area contributed by atoms with E-state index >= 15 is 0 Å². The summed E-state index contributed by atoms with van der Waals surface area (Å²) < 4.78 is 37.9. The van der Waals surface area contributed by atoms with Gasteiger partial charge >= 0.3 is 11.9 Å². The third kappa shape index (κ3) is 10.3. The summed E-state index contributed by atoms with van der Waals surface area (Å²) in [6.07, 6.45) is 0.445. The molecule has 0 saturated carbocycles.